The van der Waals surface area contributed by atoms with Crippen molar-refractivity contribution in [1.82, 2.24) is 10.2 Å². The maximum atomic E-state index is 11.2. The second kappa shape index (κ2) is 6.55. The number of hydrogen-bond donors (Lipinski definition) is 2. The van der Waals surface area contributed by atoms with E-state index in [-0.39, 0.29) is 0 Å². The lowest BCUT2D eigenvalue weighted by Crippen LogP contribution is -2.15. The Bertz CT molecular complexity index is 966. The molecule has 1 aromatic heterocycles. The second-order valence-electron chi connectivity index (χ2n) is 6.16. The van der Waals surface area contributed by atoms with Gasteiger partial charge in [-0.1, -0.05) is 30.4 Å². The molecule has 2 aromatic rings. The smallest absolute Gasteiger partial charge is 0.331 e. The highest BCUT2D eigenvalue weighted by Crippen LogP contribution is 2.38. The van der Waals surface area contributed by atoms with Gasteiger partial charge in [0, 0.05) is 22.4 Å². The Balaban J connectivity index is 1.78. The van der Waals surface area contributed by atoms with Crippen molar-refractivity contribution in [1.29, 1.82) is 0 Å². The maximum absolute atomic E-state index is 11.2. The first-order valence-corrected chi connectivity index (χ1v) is 8.39. The first kappa shape index (κ1) is 16.2. The van der Waals surface area contributed by atoms with Crippen molar-refractivity contribution < 1.29 is 19.4 Å². The number of aryl methyl sites for hydroxylation is 1. The summed E-state index contributed by atoms with van der Waals surface area (Å²) in [6, 6.07) is 5.84. The summed E-state index contributed by atoms with van der Waals surface area (Å²) in [6.07, 6.45) is 7.57. The summed E-state index contributed by atoms with van der Waals surface area (Å²) in [4.78, 5) is 11.2. The van der Waals surface area contributed by atoms with Crippen LogP contribution >= 0.6 is 0 Å². The first-order chi connectivity index (χ1) is 12.6. The molecule has 0 fully saturated rings. The molecule has 6 nitrogen and oxygen atoms in total. The summed E-state index contributed by atoms with van der Waals surface area (Å²) in [5.41, 5.74) is 4.84. The highest BCUT2D eigenvalue weighted by molar-refractivity contribution is 5.91. The van der Waals surface area contributed by atoms with Crippen LogP contribution < -0.4 is 9.47 Å². The predicted octanol–water partition coefficient (Wildman–Crippen LogP) is 3.51. The van der Waals surface area contributed by atoms with Gasteiger partial charge in [-0.15, -0.1) is 0 Å². The van der Waals surface area contributed by atoms with E-state index in [1.165, 1.54) is 0 Å². The van der Waals surface area contributed by atoms with Gasteiger partial charge in [0.15, 0.2) is 11.5 Å². The maximum Gasteiger partial charge on any atom is 0.331 e. The van der Waals surface area contributed by atoms with Crippen LogP contribution in [-0.4, -0.2) is 34.5 Å². The summed E-state index contributed by atoms with van der Waals surface area (Å²) in [5, 5.41) is 16.7. The van der Waals surface area contributed by atoms with Gasteiger partial charge in [0.2, 0.25) is 0 Å². The van der Waals surface area contributed by atoms with Crippen LogP contribution in [0.3, 0.4) is 0 Å². The number of carboxylic acids is 1. The number of ether oxygens (including phenoxy) is 2. The first-order valence-electron chi connectivity index (χ1n) is 8.39. The van der Waals surface area contributed by atoms with Crippen LogP contribution in [0.15, 0.2) is 48.1 Å². The molecule has 4 rings (SSSR count). The van der Waals surface area contributed by atoms with Gasteiger partial charge in [-0.05, 0) is 31.0 Å². The molecule has 26 heavy (non-hydrogen) atoms. The van der Waals surface area contributed by atoms with E-state index in [4.69, 9.17) is 9.47 Å². The average molecular weight is 350 g/mol. The van der Waals surface area contributed by atoms with Crippen LogP contribution in [-0.2, 0) is 4.79 Å². The largest absolute Gasteiger partial charge is 0.486 e. The Morgan fingerprint density at radius 2 is 2.00 bits per heavy atom. The molecule has 0 saturated heterocycles. The van der Waals surface area contributed by atoms with Crippen molar-refractivity contribution >= 4 is 11.5 Å². The SMILES string of the molecule is Cc1[nH]nc(C2=CC=C(C(=O)O)CC=C2)c1-c1ccc2c(c1)OCCO2. The molecule has 0 saturated carbocycles. The Kier molecular flexibility index (Phi) is 4.08. The van der Waals surface area contributed by atoms with Crippen LogP contribution in [0.1, 0.15) is 17.8 Å². The normalized spacial score (nSPS) is 15.9. The fourth-order valence-electron chi connectivity index (χ4n) is 3.13. The third-order valence-corrected chi connectivity index (χ3v) is 4.43. The van der Waals surface area contributed by atoms with E-state index >= 15 is 0 Å². The molecule has 1 aliphatic heterocycles. The summed E-state index contributed by atoms with van der Waals surface area (Å²) >= 11 is 0. The molecular formula is C20H18N2O4. The lowest BCUT2D eigenvalue weighted by atomic mass is 9.98. The molecule has 0 bridgehead atoms. The monoisotopic (exact) mass is 350 g/mol. The zero-order chi connectivity index (χ0) is 18.1. The molecule has 1 aromatic carbocycles. The molecule has 2 aliphatic rings. The van der Waals surface area contributed by atoms with E-state index in [9.17, 15) is 9.90 Å². The zero-order valence-electron chi connectivity index (χ0n) is 14.3. The number of benzene rings is 1. The molecule has 2 N–H and O–H groups in total. The quantitative estimate of drug-likeness (QED) is 0.885. The minimum atomic E-state index is -0.905. The molecule has 2 heterocycles. The number of allylic oxidation sites excluding steroid dienone is 5. The van der Waals surface area contributed by atoms with Crippen molar-refractivity contribution in [3.8, 4) is 22.6 Å². The third-order valence-electron chi connectivity index (χ3n) is 4.43. The fraction of sp³-hybridized carbons (Fsp3) is 0.200. The Hall–Kier alpha value is -3.28. The topological polar surface area (TPSA) is 84.4 Å². The van der Waals surface area contributed by atoms with Crippen LogP contribution in [0.5, 0.6) is 11.5 Å². The Morgan fingerprint density at radius 1 is 1.19 bits per heavy atom. The van der Waals surface area contributed by atoms with Crippen LogP contribution in [0.2, 0.25) is 0 Å². The summed E-state index contributed by atoms with van der Waals surface area (Å²) in [5.74, 6) is 0.557. The Morgan fingerprint density at radius 3 is 2.81 bits per heavy atom. The number of rotatable bonds is 3. The van der Waals surface area contributed by atoms with E-state index in [1.807, 2.05) is 37.3 Å². The molecule has 132 valence electrons. The van der Waals surface area contributed by atoms with Gasteiger partial charge >= 0.3 is 5.97 Å². The molecule has 6 heteroatoms. The second-order valence-corrected chi connectivity index (χ2v) is 6.16. The number of aliphatic carboxylic acids is 1. The fourth-order valence-corrected chi connectivity index (χ4v) is 3.13. The number of aromatic nitrogens is 2. The van der Waals surface area contributed by atoms with Gasteiger partial charge in [0.25, 0.3) is 0 Å². The molecular weight excluding hydrogens is 332 g/mol. The molecule has 0 atom stereocenters. The molecule has 1 aliphatic carbocycles. The van der Waals surface area contributed by atoms with Crippen LogP contribution in [0.25, 0.3) is 16.7 Å². The van der Waals surface area contributed by atoms with Crippen molar-refractivity contribution in [2.75, 3.05) is 13.2 Å². The van der Waals surface area contributed by atoms with Crippen LogP contribution in [0.4, 0.5) is 0 Å². The summed E-state index contributed by atoms with van der Waals surface area (Å²) in [7, 11) is 0. The number of carbonyl (C=O) groups is 1. The van der Waals surface area contributed by atoms with Gasteiger partial charge in [-0.2, -0.15) is 5.10 Å². The van der Waals surface area contributed by atoms with Gasteiger partial charge in [0.1, 0.15) is 18.9 Å². The summed E-state index contributed by atoms with van der Waals surface area (Å²) < 4.78 is 11.3. The van der Waals surface area contributed by atoms with Crippen molar-refractivity contribution in [3.05, 3.63) is 59.5 Å². The van der Waals surface area contributed by atoms with E-state index < -0.39 is 5.97 Å². The van der Waals surface area contributed by atoms with Gasteiger partial charge in [0.05, 0.1) is 0 Å². The third kappa shape index (κ3) is 2.90. The van der Waals surface area contributed by atoms with Crippen molar-refractivity contribution in [2.45, 2.75) is 13.3 Å². The van der Waals surface area contributed by atoms with E-state index in [0.29, 0.717) is 25.2 Å². The van der Waals surface area contributed by atoms with E-state index in [1.54, 1.807) is 12.2 Å². The zero-order valence-corrected chi connectivity index (χ0v) is 14.3. The number of nitrogens with one attached hydrogen (secondary N) is 1. The molecule has 0 unspecified atom stereocenters. The highest BCUT2D eigenvalue weighted by Gasteiger charge is 2.19. The van der Waals surface area contributed by atoms with Crippen molar-refractivity contribution in [2.24, 2.45) is 0 Å². The van der Waals surface area contributed by atoms with E-state index in [0.717, 1.165) is 39.6 Å². The van der Waals surface area contributed by atoms with E-state index in [2.05, 4.69) is 10.2 Å². The number of aromatic amines is 1. The number of hydrogen-bond acceptors (Lipinski definition) is 4. The number of carboxylic acid groups (broad SMARTS) is 1. The Labute approximate surface area is 150 Å². The minimum Gasteiger partial charge on any atom is -0.486 e. The highest BCUT2D eigenvalue weighted by atomic mass is 16.6. The molecule has 0 spiro atoms. The minimum absolute atomic E-state index is 0.351. The molecule has 0 amide bonds. The lowest BCUT2D eigenvalue weighted by molar-refractivity contribution is -0.132. The van der Waals surface area contributed by atoms with Crippen molar-refractivity contribution in [3.63, 3.8) is 0 Å². The number of nitrogens with zero attached hydrogens (tertiary/aromatic N) is 1. The van der Waals surface area contributed by atoms with Gasteiger partial charge in [-0.25, -0.2) is 4.79 Å². The summed E-state index contributed by atoms with van der Waals surface area (Å²) in [6.45, 7) is 3.05. The predicted molar refractivity (Wildman–Crippen MR) is 97.2 cm³/mol. The number of H-pyrrole nitrogens is 1. The van der Waals surface area contributed by atoms with Crippen LogP contribution in [0, 0.1) is 6.92 Å². The van der Waals surface area contributed by atoms with Gasteiger partial charge < -0.3 is 14.6 Å². The average Bonchev–Trinajstić information content (AvgIpc) is 2.87. The number of fused-ring (bicyclic) bond motifs is 1. The van der Waals surface area contributed by atoms with Gasteiger partial charge in [-0.3, -0.25) is 5.10 Å². The molecule has 0 radical (unpaired) electrons. The lowest BCUT2D eigenvalue weighted by Gasteiger charge is -2.19. The standard InChI is InChI=1S/C20H18N2O4/c1-12-18(15-7-8-16-17(11-15)26-10-9-25-16)19(22-21-12)13-3-2-4-14(6-5-13)20(23)24/h2-3,5-8,11H,4,9-10H2,1H3,(H,21,22)(H,23,24).